The molecule has 1 aromatic rings. The lowest BCUT2D eigenvalue weighted by Gasteiger charge is -2.21. The van der Waals surface area contributed by atoms with E-state index in [0.717, 1.165) is 30.2 Å². The Morgan fingerprint density at radius 1 is 1.50 bits per heavy atom. The number of nitrogens with zero attached hydrogens (tertiary/aromatic N) is 1. The molecule has 2 unspecified atom stereocenters. The van der Waals surface area contributed by atoms with Crippen molar-refractivity contribution in [2.45, 2.75) is 25.5 Å². The summed E-state index contributed by atoms with van der Waals surface area (Å²) in [5.74, 6) is 0. The normalized spacial score (nSPS) is 21.3. The molecule has 1 N–H and O–H groups in total. The van der Waals surface area contributed by atoms with Crippen LogP contribution in [0, 0.1) is 0 Å². The zero-order valence-electron chi connectivity index (χ0n) is 11.2. The maximum Gasteiger partial charge on any atom is 0.0762 e. The fourth-order valence-electron chi connectivity index (χ4n) is 2.36. The van der Waals surface area contributed by atoms with Gasteiger partial charge < -0.3 is 15.0 Å². The van der Waals surface area contributed by atoms with Crippen molar-refractivity contribution >= 4 is 17.3 Å². The van der Waals surface area contributed by atoms with Crippen molar-refractivity contribution < 1.29 is 4.74 Å². The molecule has 0 spiro atoms. The van der Waals surface area contributed by atoms with Crippen LogP contribution in [0.1, 0.15) is 24.9 Å². The minimum Gasteiger partial charge on any atom is -0.380 e. The molecular formula is C14H21ClN2O. The van der Waals surface area contributed by atoms with Crippen LogP contribution in [-0.4, -0.2) is 33.4 Å². The van der Waals surface area contributed by atoms with Crippen LogP contribution in [0.4, 0.5) is 5.69 Å². The summed E-state index contributed by atoms with van der Waals surface area (Å²) in [6.45, 7) is 4.07. The summed E-state index contributed by atoms with van der Waals surface area (Å²) < 4.78 is 5.39. The van der Waals surface area contributed by atoms with Crippen molar-refractivity contribution in [2.75, 3.05) is 32.1 Å². The molecule has 2 atom stereocenters. The molecule has 0 saturated carbocycles. The van der Waals surface area contributed by atoms with Gasteiger partial charge in [-0.1, -0.05) is 17.7 Å². The number of hydrogen-bond acceptors (Lipinski definition) is 3. The minimum atomic E-state index is 0.321. The molecule has 2 rings (SSSR count). The van der Waals surface area contributed by atoms with Gasteiger partial charge in [-0.15, -0.1) is 0 Å². The van der Waals surface area contributed by atoms with E-state index in [1.807, 2.05) is 7.05 Å². The van der Waals surface area contributed by atoms with Crippen molar-refractivity contribution in [3.8, 4) is 0 Å². The lowest BCUT2D eigenvalue weighted by atomic mass is 10.1. The minimum absolute atomic E-state index is 0.321. The first kappa shape index (κ1) is 13.7. The third-order valence-electron chi connectivity index (χ3n) is 3.72. The molecule has 1 aliphatic heterocycles. The van der Waals surface area contributed by atoms with Gasteiger partial charge in [-0.25, -0.2) is 0 Å². The number of halogens is 1. The first-order chi connectivity index (χ1) is 8.65. The van der Waals surface area contributed by atoms with E-state index in [4.69, 9.17) is 16.3 Å². The molecule has 0 aliphatic carbocycles. The van der Waals surface area contributed by atoms with Crippen LogP contribution in [0.2, 0.25) is 5.02 Å². The molecule has 1 saturated heterocycles. The van der Waals surface area contributed by atoms with Gasteiger partial charge >= 0.3 is 0 Å². The highest BCUT2D eigenvalue weighted by Gasteiger charge is 2.23. The SMILES string of the molecule is CNC(C)c1ccc(N2CCC(OC)C2)c(Cl)c1. The average Bonchev–Trinajstić information content (AvgIpc) is 2.86. The summed E-state index contributed by atoms with van der Waals surface area (Å²) in [5, 5.41) is 4.05. The van der Waals surface area contributed by atoms with Gasteiger partial charge in [-0.05, 0) is 38.1 Å². The molecule has 1 heterocycles. The third kappa shape index (κ3) is 2.79. The van der Waals surface area contributed by atoms with Gasteiger partial charge in [0, 0.05) is 26.2 Å². The molecule has 1 aliphatic rings. The molecule has 0 aromatic heterocycles. The van der Waals surface area contributed by atoms with Crippen molar-refractivity contribution in [3.05, 3.63) is 28.8 Å². The van der Waals surface area contributed by atoms with Crippen molar-refractivity contribution in [1.29, 1.82) is 0 Å². The van der Waals surface area contributed by atoms with E-state index in [-0.39, 0.29) is 0 Å². The van der Waals surface area contributed by atoms with Crippen LogP contribution >= 0.6 is 11.6 Å². The smallest absolute Gasteiger partial charge is 0.0762 e. The van der Waals surface area contributed by atoms with E-state index in [9.17, 15) is 0 Å². The van der Waals surface area contributed by atoms with Crippen LogP contribution < -0.4 is 10.2 Å². The van der Waals surface area contributed by atoms with E-state index < -0.39 is 0 Å². The number of nitrogens with one attached hydrogen (secondary N) is 1. The Kier molecular flexibility index (Phi) is 4.49. The van der Waals surface area contributed by atoms with E-state index in [2.05, 4.69) is 35.3 Å². The third-order valence-corrected chi connectivity index (χ3v) is 4.03. The van der Waals surface area contributed by atoms with E-state index in [1.54, 1.807) is 7.11 Å². The number of anilines is 1. The lowest BCUT2D eigenvalue weighted by molar-refractivity contribution is 0.121. The van der Waals surface area contributed by atoms with Gasteiger partial charge in [-0.2, -0.15) is 0 Å². The first-order valence-corrected chi connectivity index (χ1v) is 6.78. The van der Waals surface area contributed by atoms with E-state index in [0.29, 0.717) is 12.1 Å². The maximum atomic E-state index is 6.39. The Morgan fingerprint density at radius 2 is 2.28 bits per heavy atom. The van der Waals surface area contributed by atoms with Crippen LogP contribution in [-0.2, 0) is 4.74 Å². The Morgan fingerprint density at radius 3 is 2.83 bits per heavy atom. The fraction of sp³-hybridized carbons (Fsp3) is 0.571. The highest BCUT2D eigenvalue weighted by molar-refractivity contribution is 6.33. The van der Waals surface area contributed by atoms with Crippen molar-refractivity contribution in [2.24, 2.45) is 0 Å². The second-order valence-electron chi connectivity index (χ2n) is 4.81. The Bertz CT molecular complexity index is 411. The Balaban J connectivity index is 2.15. The molecule has 0 bridgehead atoms. The predicted molar refractivity (Wildman–Crippen MR) is 76.6 cm³/mol. The van der Waals surface area contributed by atoms with Gasteiger partial charge in [0.15, 0.2) is 0 Å². The van der Waals surface area contributed by atoms with Gasteiger partial charge in [0.2, 0.25) is 0 Å². The Labute approximate surface area is 114 Å². The molecule has 1 fully saturated rings. The maximum absolute atomic E-state index is 6.39. The molecule has 3 nitrogen and oxygen atoms in total. The summed E-state index contributed by atoms with van der Waals surface area (Å²) in [7, 11) is 3.73. The highest BCUT2D eigenvalue weighted by Crippen LogP contribution is 2.31. The van der Waals surface area contributed by atoms with E-state index >= 15 is 0 Å². The summed E-state index contributed by atoms with van der Waals surface area (Å²) >= 11 is 6.39. The molecule has 18 heavy (non-hydrogen) atoms. The van der Waals surface area contributed by atoms with Gasteiger partial charge in [-0.3, -0.25) is 0 Å². The van der Waals surface area contributed by atoms with Gasteiger partial charge in [0.25, 0.3) is 0 Å². The lowest BCUT2D eigenvalue weighted by Crippen LogP contribution is -2.22. The molecule has 0 radical (unpaired) electrons. The Hall–Kier alpha value is -0.770. The molecule has 0 amide bonds. The number of benzene rings is 1. The molecule has 4 heteroatoms. The largest absolute Gasteiger partial charge is 0.380 e. The number of methoxy groups -OCH3 is 1. The molecule has 1 aromatic carbocycles. The van der Waals surface area contributed by atoms with Crippen molar-refractivity contribution in [1.82, 2.24) is 5.32 Å². The van der Waals surface area contributed by atoms with Crippen molar-refractivity contribution in [3.63, 3.8) is 0 Å². The number of rotatable bonds is 4. The van der Waals surface area contributed by atoms with E-state index in [1.165, 1.54) is 5.56 Å². The molecule has 100 valence electrons. The first-order valence-electron chi connectivity index (χ1n) is 6.40. The zero-order valence-corrected chi connectivity index (χ0v) is 12.0. The summed E-state index contributed by atoms with van der Waals surface area (Å²) in [6.07, 6.45) is 1.40. The monoisotopic (exact) mass is 268 g/mol. The van der Waals surface area contributed by atoms with Crippen LogP contribution in [0.5, 0.6) is 0 Å². The number of hydrogen-bond donors (Lipinski definition) is 1. The average molecular weight is 269 g/mol. The number of ether oxygens (including phenoxy) is 1. The summed E-state index contributed by atoms with van der Waals surface area (Å²) in [5.41, 5.74) is 2.33. The second kappa shape index (κ2) is 5.91. The second-order valence-corrected chi connectivity index (χ2v) is 5.22. The van der Waals surface area contributed by atoms with Crippen LogP contribution in [0.25, 0.3) is 0 Å². The summed E-state index contributed by atoms with van der Waals surface area (Å²) in [4.78, 5) is 2.30. The topological polar surface area (TPSA) is 24.5 Å². The van der Waals surface area contributed by atoms with Crippen LogP contribution in [0.15, 0.2) is 18.2 Å². The zero-order chi connectivity index (χ0) is 13.1. The highest BCUT2D eigenvalue weighted by atomic mass is 35.5. The van der Waals surface area contributed by atoms with Gasteiger partial charge in [0.05, 0.1) is 16.8 Å². The van der Waals surface area contributed by atoms with Gasteiger partial charge in [0.1, 0.15) is 0 Å². The van der Waals surface area contributed by atoms with Crippen LogP contribution in [0.3, 0.4) is 0 Å². The fourth-order valence-corrected chi connectivity index (χ4v) is 2.66. The molecular weight excluding hydrogens is 248 g/mol. The summed E-state index contributed by atoms with van der Waals surface area (Å²) in [6, 6.07) is 6.63. The standard InChI is InChI=1S/C14H21ClN2O/c1-10(16-2)11-4-5-14(13(15)8-11)17-7-6-12(9-17)18-3/h4-5,8,10,12,16H,6-7,9H2,1-3H3. The predicted octanol–water partition coefficient (Wildman–Crippen LogP) is 2.85. The quantitative estimate of drug-likeness (QED) is 0.909.